The van der Waals surface area contributed by atoms with Crippen molar-refractivity contribution in [3.05, 3.63) is 144 Å². The molecule has 1 N–H and O–H groups in total. The first-order valence-electron chi connectivity index (χ1n) is 13.8. The molecule has 4 aromatic carbocycles. The molecule has 0 aromatic heterocycles. The van der Waals surface area contributed by atoms with Crippen molar-refractivity contribution in [1.82, 2.24) is 0 Å². The van der Waals surface area contributed by atoms with Crippen LogP contribution in [0.2, 0.25) is 0 Å². The van der Waals surface area contributed by atoms with Crippen LogP contribution in [0, 0.1) is 0 Å². The van der Waals surface area contributed by atoms with E-state index in [4.69, 9.17) is 35.3 Å². The number of alkyl halides is 1. The van der Waals surface area contributed by atoms with Gasteiger partial charge in [-0.05, 0) is 22.3 Å². The normalized spacial score (nSPS) is 24.2. The van der Waals surface area contributed by atoms with Crippen molar-refractivity contribution in [2.45, 2.75) is 56.1 Å². The van der Waals surface area contributed by atoms with Crippen LogP contribution in [0.1, 0.15) is 22.3 Å². The third-order valence-corrected chi connectivity index (χ3v) is 7.20. The molecule has 0 radical (unpaired) electrons. The molecule has 0 spiro atoms. The van der Waals surface area contributed by atoms with Crippen molar-refractivity contribution in [1.29, 1.82) is 0 Å². The highest BCUT2D eigenvalue weighted by Gasteiger charge is 2.55. The van der Waals surface area contributed by atoms with Gasteiger partial charge in [0, 0.05) is 0 Å². The molecule has 7 heteroatoms. The molecule has 5 atom stereocenters. The van der Waals surface area contributed by atoms with E-state index < -0.39 is 29.7 Å². The van der Waals surface area contributed by atoms with Crippen molar-refractivity contribution in [3.63, 3.8) is 0 Å². The largest absolute Gasteiger partial charge is 0.374 e. The molecule has 6 nitrogen and oxygen atoms in total. The maximum atomic E-state index is 11.4. The number of benzene rings is 4. The fourth-order valence-corrected chi connectivity index (χ4v) is 5.11. The summed E-state index contributed by atoms with van der Waals surface area (Å²) in [4.78, 5) is 0. The Morgan fingerprint density at radius 2 is 0.951 bits per heavy atom. The topological polar surface area (TPSA) is 66.4 Å². The second-order valence-electron chi connectivity index (χ2n) is 10.0. The summed E-state index contributed by atoms with van der Waals surface area (Å²) in [5, 5.41) is 9.22. The number of hydrogen-bond donors (Lipinski definition) is 1. The summed E-state index contributed by atoms with van der Waals surface area (Å²) in [6, 6.07) is 39.2. The molecule has 0 aliphatic carbocycles. The lowest BCUT2D eigenvalue weighted by molar-refractivity contribution is -0.337. The Morgan fingerprint density at radius 1 is 0.561 bits per heavy atom. The van der Waals surface area contributed by atoms with E-state index in [1.807, 2.05) is 121 Å². The lowest BCUT2D eigenvalue weighted by atomic mass is 9.97. The summed E-state index contributed by atoms with van der Waals surface area (Å²) in [5.74, 6) is 0. The maximum Gasteiger partial charge on any atom is 0.276 e. The Hall–Kier alpha value is -3.07. The van der Waals surface area contributed by atoms with Gasteiger partial charge in [0.2, 0.25) is 0 Å². The summed E-state index contributed by atoms with van der Waals surface area (Å²) in [6.07, 6.45) is -3.22. The minimum Gasteiger partial charge on any atom is -0.374 e. The van der Waals surface area contributed by atoms with Crippen LogP contribution in [0.5, 0.6) is 0 Å². The van der Waals surface area contributed by atoms with Crippen molar-refractivity contribution in [2.75, 3.05) is 6.61 Å². The van der Waals surface area contributed by atoms with Gasteiger partial charge in [0.05, 0.1) is 33.0 Å². The van der Waals surface area contributed by atoms with Gasteiger partial charge in [-0.2, -0.15) is 0 Å². The molecule has 1 fully saturated rings. The third-order valence-electron chi connectivity index (χ3n) is 6.89. The Bertz CT molecular complexity index is 1290. The Kier molecular flexibility index (Phi) is 10.6. The molecule has 214 valence electrons. The molecule has 0 amide bonds. The zero-order valence-electron chi connectivity index (χ0n) is 22.8. The SMILES string of the molecule is O[C@]1(Cl)O[C@H](COCc2ccccc2)[C@@H](OCc2ccccc2)[C@H](OCc2ccccc2)[C@H]1OCc1ccccc1. The average molecular weight is 575 g/mol. The van der Waals surface area contributed by atoms with Crippen LogP contribution in [0.4, 0.5) is 0 Å². The van der Waals surface area contributed by atoms with E-state index in [0.717, 1.165) is 22.3 Å². The standard InChI is InChI=1S/C34H35ClO6/c35-34(36)33(40-24-29-19-11-4-12-20-29)32(39-23-28-17-9-3-10-18-28)31(38-22-27-15-7-2-8-16-27)30(41-34)25-37-21-26-13-5-1-6-14-26/h1-20,30-33,36H,21-25H2/t30-,31-,32+,33-,34+/m1/s1. The molecule has 1 saturated heterocycles. The van der Waals surface area contributed by atoms with E-state index in [2.05, 4.69) is 0 Å². The van der Waals surface area contributed by atoms with Gasteiger partial charge in [0.15, 0.2) is 6.10 Å². The molecule has 0 saturated carbocycles. The lowest BCUT2D eigenvalue weighted by Crippen LogP contribution is -2.65. The van der Waals surface area contributed by atoms with Gasteiger partial charge in [0.1, 0.15) is 18.3 Å². The van der Waals surface area contributed by atoms with E-state index in [9.17, 15) is 5.11 Å². The van der Waals surface area contributed by atoms with E-state index in [1.165, 1.54) is 0 Å². The van der Waals surface area contributed by atoms with Gasteiger partial charge in [-0.1, -0.05) is 133 Å². The van der Waals surface area contributed by atoms with Crippen molar-refractivity contribution in [3.8, 4) is 0 Å². The Labute approximate surface area is 246 Å². The zero-order valence-corrected chi connectivity index (χ0v) is 23.5. The average Bonchev–Trinajstić information content (AvgIpc) is 3.01. The van der Waals surface area contributed by atoms with E-state index in [-0.39, 0.29) is 19.8 Å². The second kappa shape index (κ2) is 14.7. The molecule has 1 aliphatic rings. The molecule has 41 heavy (non-hydrogen) atoms. The van der Waals surface area contributed by atoms with E-state index in [1.54, 1.807) is 0 Å². The summed E-state index contributed by atoms with van der Waals surface area (Å²) >= 11 is 6.67. The first-order valence-corrected chi connectivity index (χ1v) is 14.1. The molecule has 5 rings (SSSR count). The van der Waals surface area contributed by atoms with Crippen LogP contribution in [0.25, 0.3) is 0 Å². The third kappa shape index (κ3) is 8.47. The quantitative estimate of drug-likeness (QED) is 0.191. The predicted octanol–water partition coefficient (Wildman–Crippen LogP) is 6.24. The summed E-state index contributed by atoms with van der Waals surface area (Å²) in [7, 11) is 0. The van der Waals surface area contributed by atoms with Crippen LogP contribution in [0.15, 0.2) is 121 Å². The summed E-state index contributed by atoms with van der Waals surface area (Å²) in [6.45, 7) is 1.28. The molecule has 1 heterocycles. The van der Waals surface area contributed by atoms with Gasteiger partial charge in [-0.25, -0.2) is 0 Å². The van der Waals surface area contributed by atoms with Crippen molar-refractivity contribution in [2.24, 2.45) is 0 Å². The fraction of sp³-hybridized carbons (Fsp3) is 0.294. The highest BCUT2D eigenvalue weighted by atomic mass is 35.5. The van der Waals surface area contributed by atoms with Crippen LogP contribution in [-0.2, 0) is 50.1 Å². The van der Waals surface area contributed by atoms with E-state index >= 15 is 0 Å². The summed E-state index contributed by atoms with van der Waals surface area (Å²) < 4.78 is 31.3. The van der Waals surface area contributed by atoms with Gasteiger partial charge in [-0.3, -0.25) is 0 Å². The van der Waals surface area contributed by atoms with Gasteiger partial charge in [0.25, 0.3) is 5.25 Å². The van der Waals surface area contributed by atoms with Gasteiger partial charge >= 0.3 is 0 Å². The fourth-order valence-electron chi connectivity index (χ4n) is 4.80. The van der Waals surface area contributed by atoms with Crippen LogP contribution in [0.3, 0.4) is 0 Å². The molecular formula is C34H35ClO6. The molecular weight excluding hydrogens is 540 g/mol. The molecule has 1 aliphatic heterocycles. The van der Waals surface area contributed by atoms with E-state index in [0.29, 0.717) is 13.2 Å². The molecule has 0 unspecified atom stereocenters. The smallest absolute Gasteiger partial charge is 0.276 e. The van der Waals surface area contributed by atoms with Gasteiger partial charge < -0.3 is 28.8 Å². The van der Waals surface area contributed by atoms with Crippen LogP contribution in [-0.4, -0.2) is 41.4 Å². The van der Waals surface area contributed by atoms with Crippen LogP contribution >= 0.6 is 11.6 Å². The maximum absolute atomic E-state index is 11.4. The highest BCUT2D eigenvalue weighted by molar-refractivity contribution is 6.22. The number of ether oxygens (including phenoxy) is 5. The highest BCUT2D eigenvalue weighted by Crippen LogP contribution is 2.38. The number of aliphatic hydroxyl groups is 1. The van der Waals surface area contributed by atoms with Crippen LogP contribution < -0.4 is 0 Å². The number of hydrogen-bond acceptors (Lipinski definition) is 6. The number of rotatable bonds is 13. The minimum absolute atomic E-state index is 0.125. The van der Waals surface area contributed by atoms with Crippen molar-refractivity contribution >= 4 is 11.6 Å². The monoisotopic (exact) mass is 574 g/mol. The Morgan fingerprint density at radius 3 is 1.41 bits per heavy atom. The lowest BCUT2D eigenvalue weighted by Gasteiger charge is -2.47. The molecule has 0 bridgehead atoms. The first kappa shape index (κ1) is 29.4. The minimum atomic E-state index is -2.18. The predicted molar refractivity (Wildman–Crippen MR) is 157 cm³/mol. The Balaban J connectivity index is 1.39. The van der Waals surface area contributed by atoms with Gasteiger partial charge in [-0.15, -0.1) is 0 Å². The zero-order chi connectivity index (χ0) is 28.3. The number of halogens is 1. The summed E-state index contributed by atoms with van der Waals surface area (Å²) in [5.41, 5.74) is 3.91. The molecule has 4 aromatic rings. The first-order chi connectivity index (χ1) is 20.1. The van der Waals surface area contributed by atoms with Crippen molar-refractivity contribution < 1.29 is 28.8 Å². The second-order valence-corrected chi connectivity index (χ2v) is 10.5.